The summed E-state index contributed by atoms with van der Waals surface area (Å²) >= 11 is 0. The highest BCUT2D eigenvalue weighted by Gasteiger charge is 2.30. The first-order valence-corrected chi connectivity index (χ1v) is 9.74. The summed E-state index contributed by atoms with van der Waals surface area (Å²) in [7, 11) is 0. The van der Waals surface area contributed by atoms with E-state index in [1.807, 2.05) is 41.4 Å². The fraction of sp³-hybridized carbons (Fsp3) is 0.381. The molecule has 0 spiro atoms. The lowest BCUT2D eigenvalue weighted by Crippen LogP contribution is -2.36. The van der Waals surface area contributed by atoms with Crippen LogP contribution in [0, 0.1) is 0 Å². The van der Waals surface area contributed by atoms with Gasteiger partial charge < -0.3 is 14.1 Å². The van der Waals surface area contributed by atoms with Crippen molar-refractivity contribution in [3.8, 4) is 5.69 Å². The number of para-hydroxylation sites is 1. The molecule has 1 fully saturated rings. The highest BCUT2D eigenvalue weighted by molar-refractivity contribution is 5.97. The predicted molar refractivity (Wildman–Crippen MR) is 101 cm³/mol. The molecule has 3 aromatic rings. The van der Waals surface area contributed by atoms with Gasteiger partial charge in [-0.15, -0.1) is 0 Å². The minimum Gasteiger partial charge on any atom is -0.445 e. The van der Waals surface area contributed by atoms with E-state index >= 15 is 0 Å². The lowest BCUT2D eigenvalue weighted by Gasteiger charge is -2.26. The molecule has 7 nitrogen and oxygen atoms in total. The Morgan fingerprint density at radius 3 is 2.82 bits per heavy atom. The van der Waals surface area contributed by atoms with E-state index in [-0.39, 0.29) is 5.91 Å². The third-order valence-corrected chi connectivity index (χ3v) is 5.49. The van der Waals surface area contributed by atoms with Crippen molar-refractivity contribution in [1.82, 2.24) is 19.7 Å². The average molecular weight is 378 g/mol. The quantitative estimate of drug-likeness (QED) is 0.701. The van der Waals surface area contributed by atoms with Crippen molar-refractivity contribution >= 4 is 5.91 Å². The summed E-state index contributed by atoms with van der Waals surface area (Å²) in [6.07, 6.45) is 6.14. The maximum absolute atomic E-state index is 13.2. The second kappa shape index (κ2) is 7.24. The Kier molecular flexibility index (Phi) is 4.44. The number of hydrogen-bond donors (Lipinski definition) is 0. The molecule has 7 heteroatoms. The van der Waals surface area contributed by atoms with Gasteiger partial charge >= 0.3 is 0 Å². The zero-order valence-electron chi connectivity index (χ0n) is 15.6. The van der Waals surface area contributed by atoms with Gasteiger partial charge in [0.05, 0.1) is 17.8 Å². The Morgan fingerprint density at radius 2 is 2.00 bits per heavy atom. The van der Waals surface area contributed by atoms with Crippen LogP contribution < -0.4 is 0 Å². The predicted octanol–water partition coefficient (Wildman–Crippen LogP) is 2.95. The van der Waals surface area contributed by atoms with Gasteiger partial charge in [-0.25, -0.2) is 9.67 Å². The molecule has 144 valence electrons. The topological polar surface area (TPSA) is 73.4 Å². The number of carbonyl (C=O) groups excluding carboxylic acids is 1. The molecule has 28 heavy (non-hydrogen) atoms. The monoisotopic (exact) mass is 378 g/mol. The van der Waals surface area contributed by atoms with Gasteiger partial charge in [0.2, 0.25) is 0 Å². The molecule has 0 bridgehead atoms. The van der Waals surface area contributed by atoms with Crippen molar-refractivity contribution in [2.24, 2.45) is 0 Å². The lowest BCUT2D eigenvalue weighted by molar-refractivity contribution is 0.0725. The SMILES string of the molecule is O=C(c1ccccc1-n1cccn1)N1CCc2oc(C3CCOCC3)nc2C1. The van der Waals surface area contributed by atoms with E-state index in [9.17, 15) is 4.79 Å². The summed E-state index contributed by atoms with van der Waals surface area (Å²) in [6.45, 7) is 2.62. The van der Waals surface area contributed by atoms with E-state index in [0.717, 1.165) is 49.1 Å². The second-order valence-electron chi connectivity index (χ2n) is 7.25. The van der Waals surface area contributed by atoms with Crippen LogP contribution in [-0.4, -0.2) is 45.3 Å². The largest absolute Gasteiger partial charge is 0.445 e. The number of carbonyl (C=O) groups is 1. The standard InChI is InChI=1S/C21H22N4O3/c26-21(16-4-1-2-5-18(16)25-10-3-9-22-25)24-11-6-19-17(14-24)23-20(28-19)15-7-12-27-13-8-15/h1-5,9-10,15H,6-8,11-14H2. The first kappa shape index (κ1) is 17.2. The van der Waals surface area contributed by atoms with Crippen molar-refractivity contribution in [2.75, 3.05) is 19.8 Å². The molecule has 0 aliphatic carbocycles. The molecule has 0 radical (unpaired) electrons. The highest BCUT2D eigenvalue weighted by Crippen LogP contribution is 2.30. The first-order valence-electron chi connectivity index (χ1n) is 9.74. The van der Waals surface area contributed by atoms with E-state index in [2.05, 4.69) is 5.10 Å². The van der Waals surface area contributed by atoms with Crippen molar-refractivity contribution in [1.29, 1.82) is 0 Å². The fourth-order valence-electron chi connectivity index (χ4n) is 3.95. The van der Waals surface area contributed by atoms with E-state index in [0.29, 0.717) is 31.0 Å². The molecule has 1 saturated heterocycles. The lowest BCUT2D eigenvalue weighted by atomic mass is 10.0. The van der Waals surface area contributed by atoms with Crippen molar-refractivity contribution < 1.29 is 13.9 Å². The van der Waals surface area contributed by atoms with E-state index in [1.54, 1.807) is 10.9 Å². The molecule has 1 aromatic carbocycles. The van der Waals surface area contributed by atoms with Gasteiger partial charge in [0.25, 0.3) is 5.91 Å². The van der Waals surface area contributed by atoms with E-state index < -0.39 is 0 Å². The average Bonchev–Trinajstić information content (AvgIpc) is 3.43. The van der Waals surface area contributed by atoms with Crippen LogP contribution in [0.25, 0.3) is 5.69 Å². The highest BCUT2D eigenvalue weighted by atomic mass is 16.5. The summed E-state index contributed by atoms with van der Waals surface area (Å²) < 4.78 is 13.2. The number of hydrogen-bond acceptors (Lipinski definition) is 5. The van der Waals surface area contributed by atoms with Crippen molar-refractivity contribution in [3.63, 3.8) is 0 Å². The Balaban J connectivity index is 1.38. The molecule has 4 heterocycles. The Bertz CT molecular complexity index is 973. The maximum Gasteiger partial charge on any atom is 0.256 e. The molecule has 2 aliphatic rings. The van der Waals surface area contributed by atoms with Gasteiger partial charge in [0.15, 0.2) is 5.89 Å². The zero-order chi connectivity index (χ0) is 18.9. The molecule has 2 aliphatic heterocycles. The number of ether oxygens (including phenoxy) is 1. The number of amides is 1. The summed E-state index contributed by atoms with van der Waals surface area (Å²) in [6, 6.07) is 9.41. The number of aromatic nitrogens is 3. The Morgan fingerprint density at radius 1 is 1.14 bits per heavy atom. The molecular weight excluding hydrogens is 356 g/mol. The number of rotatable bonds is 3. The Labute approximate surface area is 162 Å². The number of benzene rings is 1. The van der Waals surface area contributed by atoms with E-state index in [1.165, 1.54) is 0 Å². The summed E-state index contributed by atoms with van der Waals surface area (Å²) in [4.78, 5) is 19.8. The molecule has 0 unspecified atom stereocenters. The molecule has 0 atom stereocenters. The molecular formula is C21H22N4O3. The van der Waals surface area contributed by atoms with Crippen LogP contribution in [-0.2, 0) is 17.7 Å². The summed E-state index contributed by atoms with van der Waals surface area (Å²) in [5.74, 6) is 2.04. The second-order valence-corrected chi connectivity index (χ2v) is 7.25. The maximum atomic E-state index is 13.2. The summed E-state index contributed by atoms with van der Waals surface area (Å²) in [5.41, 5.74) is 2.31. The third kappa shape index (κ3) is 3.11. The molecule has 2 aromatic heterocycles. The molecule has 1 amide bonds. The number of oxazole rings is 1. The molecule has 5 rings (SSSR count). The minimum absolute atomic E-state index is 0.00707. The Hall–Kier alpha value is -2.93. The van der Waals surface area contributed by atoms with Crippen LogP contribution >= 0.6 is 0 Å². The molecule has 0 saturated carbocycles. The van der Waals surface area contributed by atoms with Crippen LogP contribution in [0.4, 0.5) is 0 Å². The van der Waals surface area contributed by atoms with Gasteiger partial charge in [0, 0.05) is 44.5 Å². The summed E-state index contributed by atoms with van der Waals surface area (Å²) in [5, 5.41) is 4.27. The molecule has 0 N–H and O–H groups in total. The van der Waals surface area contributed by atoms with Gasteiger partial charge in [-0.2, -0.15) is 5.10 Å². The first-order chi connectivity index (χ1) is 13.8. The number of nitrogens with zero attached hydrogens (tertiary/aromatic N) is 4. The number of fused-ring (bicyclic) bond motifs is 1. The van der Waals surface area contributed by atoms with Gasteiger partial charge in [-0.1, -0.05) is 12.1 Å². The van der Waals surface area contributed by atoms with Crippen LogP contribution in [0.15, 0.2) is 47.1 Å². The van der Waals surface area contributed by atoms with E-state index in [4.69, 9.17) is 14.1 Å². The van der Waals surface area contributed by atoms with Gasteiger partial charge in [-0.3, -0.25) is 4.79 Å². The van der Waals surface area contributed by atoms with Crippen molar-refractivity contribution in [2.45, 2.75) is 31.7 Å². The third-order valence-electron chi connectivity index (χ3n) is 5.49. The van der Waals surface area contributed by atoms with Crippen LogP contribution in [0.3, 0.4) is 0 Å². The van der Waals surface area contributed by atoms with Crippen LogP contribution in [0.2, 0.25) is 0 Å². The minimum atomic E-state index is -0.00707. The zero-order valence-corrected chi connectivity index (χ0v) is 15.6. The van der Waals surface area contributed by atoms with Crippen LogP contribution in [0.1, 0.15) is 46.5 Å². The smallest absolute Gasteiger partial charge is 0.256 e. The fourth-order valence-corrected chi connectivity index (χ4v) is 3.95. The van der Waals surface area contributed by atoms with Crippen LogP contribution in [0.5, 0.6) is 0 Å². The van der Waals surface area contributed by atoms with Gasteiger partial charge in [-0.05, 0) is 31.0 Å². The van der Waals surface area contributed by atoms with Gasteiger partial charge in [0.1, 0.15) is 11.5 Å². The van der Waals surface area contributed by atoms with Crippen molar-refractivity contribution in [3.05, 3.63) is 65.6 Å². The normalized spacial score (nSPS) is 17.5.